The van der Waals surface area contributed by atoms with Crippen molar-refractivity contribution in [2.75, 3.05) is 33.3 Å². The van der Waals surface area contributed by atoms with Gasteiger partial charge in [0.25, 0.3) is 0 Å². The summed E-state index contributed by atoms with van der Waals surface area (Å²) in [7, 11) is 1.73. The molecule has 1 N–H and O–H groups in total. The lowest BCUT2D eigenvalue weighted by atomic mass is 9.93. The fourth-order valence-corrected chi connectivity index (χ4v) is 2.83. The quantitative estimate of drug-likeness (QED) is 0.860. The van der Waals surface area contributed by atoms with Crippen LogP contribution < -0.4 is 10.1 Å². The van der Waals surface area contributed by atoms with E-state index in [0.29, 0.717) is 0 Å². The van der Waals surface area contributed by atoms with Crippen molar-refractivity contribution in [2.45, 2.75) is 12.8 Å². The Balaban J connectivity index is 1.91. The van der Waals surface area contributed by atoms with Crippen molar-refractivity contribution in [3.8, 4) is 5.75 Å². The second-order valence-corrected chi connectivity index (χ2v) is 4.89. The summed E-state index contributed by atoms with van der Waals surface area (Å²) in [6, 6.07) is 6.46. The van der Waals surface area contributed by atoms with Gasteiger partial charge in [0.15, 0.2) is 0 Å². The molecule has 18 heavy (non-hydrogen) atoms. The number of rotatable bonds is 2. The molecular formula is C15H20N2O. The minimum atomic E-state index is 0.968. The Morgan fingerprint density at radius 2 is 2.06 bits per heavy atom. The van der Waals surface area contributed by atoms with E-state index < -0.39 is 0 Å². The summed E-state index contributed by atoms with van der Waals surface area (Å²) >= 11 is 0. The molecule has 1 aromatic rings. The molecule has 96 valence electrons. The van der Waals surface area contributed by atoms with Gasteiger partial charge in [0.1, 0.15) is 5.75 Å². The highest BCUT2D eigenvalue weighted by Gasteiger charge is 2.19. The van der Waals surface area contributed by atoms with Gasteiger partial charge in [0.05, 0.1) is 7.11 Å². The first-order valence-electron chi connectivity index (χ1n) is 6.71. The minimum absolute atomic E-state index is 0.968. The van der Waals surface area contributed by atoms with Crippen molar-refractivity contribution in [1.29, 1.82) is 0 Å². The van der Waals surface area contributed by atoms with E-state index >= 15 is 0 Å². The van der Waals surface area contributed by atoms with E-state index in [1.54, 1.807) is 7.11 Å². The van der Waals surface area contributed by atoms with E-state index in [4.69, 9.17) is 4.74 Å². The molecule has 0 amide bonds. The molecule has 3 nitrogen and oxygen atoms in total. The highest BCUT2D eigenvalue weighted by Crippen LogP contribution is 2.31. The molecule has 3 heteroatoms. The van der Waals surface area contributed by atoms with Crippen molar-refractivity contribution in [2.24, 2.45) is 0 Å². The van der Waals surface area contributed by atoms with Crippen LogP contribution in [0.3, 0.4) is 0 Å². The zero-order valence-electron chi connectivity index (χ0n) is 10.9. The lowest BCUT2D eigenvalue weighted by Gasteiger charge is -2.34. The standard InChI is InChI=1S/C15H20N2O/c1-18-13-5-6-14-12(11-13)3-2-4-15(14)17-9-7-16-8-10-17/h4-6,11,16H,2-3,7-10H2,1H3. The van der Waals surface area contributed by atoms with E-state index in [2.05, 4.69) is 34.5 Å². The first kappa shape index (κ1) is 11.6. The Morgan fingerprint density at radius 3 is 2.83 bits per heavy atom. The predicted octanol–water partition coefficient (Wildman–Crippen LogP) is 1.89. The average Bonchev–Trinajstić information content (AvgIpc) is 2.47. The minimum Gasteiger partial charge on any atom is -0.497 e. The van der Waals surface area contributed by atoms with Gasteiger partial charge >= 0.3 is 0 Å². The average molecular weight is 244 g/mol. The molecule has 1 aromatic carbocycles. The molecule has 3 rings (SSSR count). The van der Waals surface area contributed by atoms with E-state index in [1.807, 2.05) is 0 Å². The Bertz CT molecular complexity index is 462. The second-order valence-electron chi connectivity index (χ2n) is 4.89. The SMILES string of the molecule is COc1ccc2c(c1)CCC=C2N1CCNCC1. The molecule has 0 saturated carbocycles. The Kier molecular flexibility index (Phi) is 3.24. The van der Waals surface area contributed by atoms with Crippen molar-refractivity contribution < 1.29 is 4.74 Å². The zero-order chi connectivity index (χ0) is 12.4. The highest BCUT2D eigenvalue weighted by atomic mass is 16.5. The van der Waals surface area contributed by atoms with Crippen LogP contribution in [0.25, 0.3) is 5.70 Å². The largest absolute Gasteiger partial charge is 0.497 e. The lowest BCUT2D eigenvalue weighted by Crippen LogP contribution is -2.42. The zero-order valence-corrected chi connectivity index (χ0v) is 10.9. The van der Waals surface area contributed by atoms with E-state index in [1.165, 1.54) is 16.8 Å². The highest BCUT2D eigenvalue weighted by molar-refractivity contribution is 5.69. The van der Waals surface area contributed by atoms with Crippen LogP contribution in [0.1, 0.15) is 17.5 Å². The number of benzene rings is 1. The van der Waals surface area contributed by atoms with Crippen LogP contribution >= 0.6 is 0 Å². The summed E-state index contributed by atoms with van der Waals surface area (Å²) < 4.78 is 5.32. The third-order valence-corrected chi connectivity index (χ3v) is 3.80. The molecule has 0 radical (unpaired) electrons. The topological polar surface area (TPSA) is 24.5 Å². The van der Waals surface area contributed by atoms with Crippen LogP contribution in [0.4, 0.5) is 0 Å². The number of ether oxygens (including phenoxy) is 1. The van der Waals surface area contributed by atoms with Crippen LogP contribution in [0, 0.1) is 0 Å². The molecule has 0 atom stereocenters. The van der Waals surface area contributed by atoms with E-state index in [0.717, 1.165) is 44.8 Å². The maximum Gasteiger partial charge on any atom is 0.119 e. The van der Waals surface area contributed by atoms with E-state index in [9.17, 15) is 0 Å². The van der Waals surface area contributed by atoms with Crippen molar-refractivity contribution >= 4 is 5.70 Å². The fraction of sp³-hybridized carbons (Fsp3) is 0.467. The summed E-state index contributed by atoms with van der Waals surface area (Å²) in [6.45, 7) is 4.39. The van der Waals surface area contributed by atoms with Gasteiger partial charge in [-0.05, 0) is 36.6 Å². The fourth-order valence-electron chi connectivity index (χ4n) is 2.83. The molecule has 1 aliphatic carbocycles. The summed E-state index contributed by atoms with van der Waals surface area (Å²) in [4.78, 5) is 2.50. The van der Waals surface area contributed by atoms with Gasteiger partial charge in [-0.2, -0.15) is 0 Å². The van der Waals surface area contributed by atoms with Gasteiger partial charge in [0, 0.05) is 37.4 Å². The van der Waals surface area contributed by atoms with Crippen LogP contribution in [0.2, 0.25) is 0 Å². The second kappa shape index (κ2) is 5.02. The van der Waals surface area contributed by atoms with Crippen LogP contribution in [0.15, 0.2) is 24.3 Å². The maximum atomic E-state index is 5.32. The predicted molar refractivity (Wildman–Crippen MR) is 73.7 cm³/mol. The molecule has 1 saturated heterocycles. The number of methoxy groups -OCH3 is 1. The normalized spacial score (nSPS) is 19.2. The van der Waals surface area contributed by atoms with Gasteiger partial charge in [-0.3, -0.25) is 0 Å². The number of piperazine rings is 1. The number of hydrogen-bond donors (Lipinski definition) is 1. The van der Waals surface area contributed by atoms with Crippen LogP contribution in [0.5, 0.6) is 5.75 Å². The Morgan fingerprint density at radius 1 is 1.22 bits per heavy atom. The number of nitrogens with zero attached hydrogens (tertiary/aromatic N) is 1. The van der Waals surface area contributed by atoms with Crippen LogP contribution in [-0.2, 0) is 6.42 Å². The molecule has 2 aliphatic rings. The summed E-state index contributed by atoms with van der Waals surface area (Å²) in [5.41, 5.74) is 4.23. The Hall–Kier alpha value is -1.48. The van der Waals surface area contributed by atoms with Gasteiger partial charge in [-0.15, -0.1) is 0 Å². The molecule has 0 unspecified atom stereocenters. The van der Waals surface area contributed by atoms with Gasteiger partial charge in [-0.25, -0.2) is 0 Å². The number of aryl methyl sites for hydroxylation is 1. The molecule has 1 aliphatic heterocycles. The monoisotopic (exact) mass is 244 g/mol. The first-order chi connectivity index (χ1) is 8.88. The van der Waals surface area contributed by atoms with Crippen molar-refractivity contribution in [3.63, 3.8) is 0 Å². The molecule has 0 spiro atoms. The number of hydrogen-bond acceptors (Lipinski definition) is 3. The maximum absolute atomic E-state index is 5.32. The number of fused-ring (bicyclic) bond motifs is 1. The number of allylic oxidation sites excluding steroid dienone is 1. The molecule has 1 fully saturated rings. The lowest BCUT2D eigenvalue weighted by molar-refractivity contribution is 0.339. The van der Waals surface area contributed by atoms with Crippen LogP contribution in [-0.4, -0.2) is 38.2 Å². The third-order valence-electron chi connectivity index (χ3n) is 3.80. The smallest absolute Gasteiger partial charge is 0.119 e. The van der Waals surface area contributed by atoms with Gasteiger partial charge in [0.2, 0.25) is 0 Å². The van der Waals surface area contributed by atoms with Gasteiger partial charge < -0.3 is 15.0 Å². The summed E-state index contributed by atoms with van der Waals surface area (Å²) in [6.07, 6.45) is 4.65. The third kappa shape index (κ3) is 2.10. The molecular weight excluding hydrogens is 224 g/mol. The Labute approximate surface area is 108 Å². The first-order valence-corrected chi connectivity index (χ1v) is 6.71. The summed E-state index contributed by atoms with van der Waals surface area (Å²) in [5, 5.41) is 3.41. The van der Waals surface area contributed by atoms with Crippen molar-refractivity contribution in [3.05, 3.63) is 35.4 Å². The van der Waals surface area contributed by atoms with E-state index in [-0.39, 0.29) is 0 Å². The molecule has 0 bridgehead atoms. The van der Waals surface area contributed by atoms with Gasteiger partial charge in [-0.1, -0.05) is 6.08 Å². The molecule has 1 heterocycles. The molecule has 0 aromatic heterocycles. The van der Waals surface area contributed by atoms with Crippen molar-refractivity contribution in [1.82, 2.24) is 10.2 Å². The number of nitrogens with one attached hydrogen (secondary N) is 1. The summed E-state index contributed by atoms with van der Waals surface area (Å²) in [5.74, 6) is 0.968.